The van der Waals surface area contributed by atoms with Gasteiger partial charge in [0.2, 0.25) is 5.06 Å². The molecular weight excluding hydrogens is 351 g/mol. The Morgan fingerprint density at radius 2 is 2.12 bits per heavy atom. The Labute approximate surface area is 157 Å². The van der Waals surface area contributed by atoms with Crippen molar-refractivity contribution >= 4 is 23.6 Å². The third kappa shape index (κ3) is 4.38. The molecule has 0 amide bonds. The van der Waals surface area contributed by atoms with Gasteiger partial charge in [-0.1, -0.05) is 20.8 Å². The van der Waals surface area contributed by atoms with Crippen molar-refractivity contribution in [2.75, 3.05) is 13.6 Å². The topological polar surface area (TPSA) is 61.5 Å². The maximum absolute atomic E-state index is 14.5. The molecule has 2 aromatic rings. The average molecular weight is 374 g/mol. The molecule has 0 radical (unpaired) electrons. The van der Waals surface area contributed by atoms with Crippen molar-refractivity contribution in [2.24, 2.45) is 4.99 Å². The Bertz CT molecular complexity index is 862. The number of hydrogen-bond donors (Lipinski definition) is 0. The zero-order chi connectivity index (χ0) is 19.5. The number of ether oxygens (including phenoxy) is 1. The highest BCUT2D eigenvalue weighted by molar-refractivity contribution is 7.08. The molecule has 0 aliphatic rings. The number of halogens is 1. The van der Waals surface area contributed by atoms with Crippen LogP contribution in [0.5, 0.6) is 10.8 Å². The van der Waals surface area contributed by atoms with E-state index in [-0.39, 0.29) is 11.2 Å². The van der Waals surface area contributed by atoms with E-state index in [9.17, 15) is 9.65 Å². The van der Waals surface area contributed by atoms with Crippen molar-refractivity contribution in [3.05, 3.63) is 34.8 Å². The SMILES string of the molecule is CCN(C)/C=N\c1cc(F)c(Oc2snc(C(C)(C)C)c2C#N)cc1C. The van der Waals surface area contributed by atoms with Crippen LogP contribution in [0.2, 0.25) is 0 Å². The lowest BCUT2D eigenvalue weighted by molar-refractivity contribution is 0.449. The highest BCUT2D eigenvalue weighted by Gasteiger charge is 2.26. The highest BCUT2D eigenvalue weighted by Crippen LogP contribution is 2.38. The average Bonchev–Trinajstić information content (AvgIpc) is 2.99. The van der Waals surface area contributed by atoms with E-state index in [1.165, 1.54) is 6.07 Å². The van der Waals surface area contributed by atoms with Crippen LogP contribution in [0.15, 0.2) is 17.1 Å². The third-order valence-corrected chi connectivity index (χ3v) is 4.56. The number of hydrogen-bond acceptors (Lipinski definition) is 5. The highest BCUT2D eigenvalue weighted by atomic mass is 32.1. The summed E-state index contributed by atoms with van der Waals surface area (Å²) in [7, 11) is 1.90. The Morgan fingerprint density at radius 1 is 1.42 bits per heavy atom. The molecule has 1 aromatic heterocycles. The first-order valence-electron chi connectivity index (χ1n) is 8.30. The molecule has 138 valence electrons. The second-order valence-electron chi connectivity index (χ2n) is 7.04. The van der Waals surface area contributed by atoms with Crippen LogP contribution < -0.4 is 4.74 Å². The largest absolute Gasteiger partial charge is 0.441 e. The van der Waals surface area contributed by atoms with Gasteiger partial charge in [-0.05, 0) is 25.5 Å². The number of nitriles is 1. The van der Waals surface area contributed by atoms with Gasteiger partial charge < -0.3 is 9.64 Å². The Hall–Kier alpha value is -2.46. The predicted octanol–water partition coefficient (Wildman–Crippen LogP) is 5.16. The molecule has 2 rings (SSSR count). The van der Waals surface area contributed by atoms with Crippen molar-refractivity contribution in [3.63, 3.8) is 0 Å². The molecule has 26 heavy (non-hydrogen) atoms. The quantitative estimate of drug-likeness (QED) is 0.535. The standard InChI is InChI=1S/C19H23FN4OS/c1-7-24(6)11-22-15-9-14(20)16(8-12(15)2)25-18-13(10-21)17(23-26-18)19(3,4)5/h8-9,11H,7H2,1-6H3/b22-11-. The van der Waals surface area contributed by atoms with Gasteiger partial charge in [0.1, 0.15) is 11.6 Å². The van der Waals surface area contributed by atoms with Crippen LogP contribution in [0.1, 0.15) is 44.5 Å². The Morgan fingerprint density at radius 3 is 2.69 bits per heavy atom. The van der Waals surface area contributed by atoms with E-state index < -0.39 is 5.82 Å². The van der Waals surface area contributed by atoms with Crippen molar-refractivity contribution in [1.82, 2.24) is 9.27 Å². The maximum atomic E-state index is 14.5. The first-order chi connectivity index (χ1) is 12.2. The van der Waals surface area contributed by atoms with Gasteiger partial charge in [-0.25, -0.2) is 9.38 Å². The molecule has 0 fully saturated rings. The lowest BCUT2D eigenvalue weighted by Crippen LogP contribution is -2.14. The second-order valence-corrected chi connectivity index (χ2v) is 7.78. The Kier molecular flexibility index (Phi) is 5.98. The molecule has 0 saturated heterocycles. The number of rotatable bonds is 5. The minimum Gasteiger partial charge on any atom is -0.441 e. The van der Waals surface area contributed by atoms with Crippen molar-refractivity contribution < 1.29 is 9.13 Å². The smallest absolute Gasteiger partial charge is 0.218 e. The normalized spacial score (nSPS) is 11.6. The second kappa shape index (κ2) is 7.83. The molecule has 0 aliphatic carbocycles. The summed E-state index contributed by atoms with van der Waals surface area (Å²) in [5, 5.41) is 9.77. The monoisotopic (exact) mass is 374 g/mol. The third-order valence-electron chi connectivity index (χ3n) is 3.83. The van der Waals surface area contributed by atoms with Gasteiger partial charge in [0, 0.05) is 36.6 Å². The van der Waals surface area contributed by atoms with Crippen molar-refractivity contribution in [2.45, 2.75) is 40.0 Å². The summed E-state index contributed by atoms with van der Waals surface area (Å²) in [6.45, 7) is 10.6. The molecule has 0 atom stereocenters. The van der Waals surface area contributed by atoms with E-state index in [1.54, 1.807) is 12.4 Å². The van der Waals surface area contributed by atoms with Crippen LogP contribution in [-0.4, -0.2) is 29.2 Å². The minimum atomic E-state index is -0.531. The maximum Gasteiger partial charge on any atom is 0.218 e. The van der Waals surface area contributed by atoms with Crippen LogP contribution in [-0.2, 0) is 5.41 Å². The van der Waals surface area contributed by atoms with Crippen LogP contribution in [0.4, 0.5) is 10.1 Å². The van der Waals surface area contributed by atoms with Gasteiger partial charge >= 0.3 is 0 Å². The van der Waals surface area contributed by atoms with Crippen LogP contribution in [0, 0.1) is 24.1 Å². The van der Waals surface area contributed by atoms with Crippen LogP contribution in [0.25, 0.3) is 0 Å². The van der Waals surface area contributed by atoms with E-state index in [0.717, 1.165) is 23.6 Å². The molecule has 0 saturated carbocycles. The van der Waals surface area contributed by atoms with Crippen molar-refractivity contribution in [1.29, 1.82) is 5.26 Å². The molecule has 1 aromatic carbocycles. The Balaban J connectivity index is 2.35. The number of benzene rings is 1. The van der Waals surface area contributed by atoms with E-state index in [1.807, 2.05) is 46.6 Å². The van der Waals surface area contributed by atoms with Crippen molar-refractivity contribution in [3.8, 4) is 16.9 Å². The summed E-state index contributed by atoms with van der Waals surface area (Å²) in [6, 6.07) is 5.05. The van der Waals surface area contributed by atoms with E-state index in [0.29, 0.717) is 22.0 Å². The van der Waals surface area contributed by atoms with Crippen LogP contribution in [0.3, 0.4) is 0 Å². The van der Waals surface area contributed by atoms with E-state index in [4.69, 9.17) is 4.74 Å². The molecule has 5 nitrogen and oxygen atoms in total. The minimum absolute atomic E-state index is 0.0610. The summed E-state index contributed by atoms with van der Waals surface area (Å²) in [6.07, 6.45) is 1.66. The van der Waals surface area contributed by atoms with Gasteiger partial charge in [-0.15, -0.1) is 0 Å². The molecule has 0 unspecified atom stereocenters. The molecule has 0 aliphatic heterocycles. The molecule has 1 heterocycles. The zero-order valence-corrected chi connectivity index (χ0v) is 16.7. The fraction of sp³-hybridized carbons (Fsp3) is 0.421. The lowest BCUT2D eigenvalue weighted by Gasteiger charge is -2.15. The summed E-state index contributed by atoms with van der Waals surface area (Å²) in [5.74, 6) is -0.470. The number of aromatic nitrogens is 1. The number of nitrogens with zero attached hydrogens (tertiary/aromatic N) is 4. The fourth-order valence-electron chi connectivity index (χ4n) is 2.16. The zero-order valence-electron chi connectivity index (χ0n) is 15.9. The fourth-order valence-corrected chi connectivity index (χ4v) is 3.06. The van der Waals surface area contributed by atoms with E-state index in [2.05, 4.69) is 15.4 Å². The van der Waals surface area contributed by atoms with Gasteiger partial charge in [-0.3, -0.25) is 0 Å². The van der Waals surface area contributed by atoms with E-state index >= 15 is 0 Å². The molecular formula is C19H23FN4OS. The van der Waals surface area contributed by atoms with Gasteiger partial charge in [-0.2, -0.15) is 9.64 Å². The summed E-state index contributed by atoms with van der Waals surface area (Å²) < 4.78 is 24.5. The molecule has 0 N–H and O–H groups in total. The number of aliphatic imine (C=N–C) groups is 1. The van der Waals surface area contributed by atoms with Gasteiger partial charge in [0.05, 0.1) is 17.7 Å². The summed E-state index contributed by atoms with van der Waals surface area (Å²) in [4.78, 5) is 6.19. The number of aryl methyl sites for hydroxylation is 1. The summed E-state index contributed by atoms with van der Waals surface area (Å²) >= 11 is 1.06. The first-order valence-corrected chi connectivity index (χ1v) is 9.07. The lowest BCUT2D eigenvalue weighted by atomic mass is 9.90. The molecule has 7 heteroatoms. The predicted molar refractivity (Wildman–Crippen MR) is 103 cm³/mol. The van der Waals surface area contributed by atoms with Crippen LogP contribution >= 0.6 is 11.5 Å². The molecule has 0 spiro atoms. The summed E-state index contributed by atoms with van der Waals surface area (Å²) in [5.41, 5.74) is 2.03. The molecule has 0 bridgehead atoms. The first kappa shape index (κ1) is 19.9. The van der Waals surface area contributed by atoms with Gasteiger partial charge in [0.25, 0.3) is 0 Å². The van der Waals surface area contributed by atoms with Gasteiger partial charge in [0.15, 0.2) is 11.6 Å².